The molecule has 0 heterocycles. The van der Waals surface area contributed by atoms with Crippen LogP contribution in [0, 0.1) is 23.2 Å². The number of phenolic OH excluding ortho intramolecular Hbond substituents is 1. The number of aliphatic hydroxyl groups excluding tert-OH is 1. The van der Waals surface area contributed by atoms with E-state index in [1.807, 2.05) is 12.1 Å². The van der Waals surface area contributed by atoms with Crippen LogP contribution in [0.25, 0.3) is 0 Å². The van der Waals surface area contributed by atoms with Crippen molar-refractivity contribution in [2.75, 3.05) is 11.5 Å². The maximum absolute atomic E-state index is 13.0. The Morgan fingerprint density at radius 1 is 0.927 bits per heavy atom. The lowest BCUT2D eigenvalue weighted by Crippen LogP contribution is -2.47. The van der Waals surface area contributed by atoms with Crippen molar-refractivity contribution in [3.63, 3.8) is 0 Å². The van der Waals surface area contributed by atoms with Gasteiger partial charge in [-0.1, -0.05) is 51.5 Å². The highest BCUT2D eigenvalue weighted by Crippen LogP contribution is 2.62. The van der Waals surface area contributed by atoms with Crippen LogP contribution in [0.2, 0.25) is 0 Å². The molecule has 7 atom stereocenters. The molecule has 3 aliphatic carbocycles. The molecule has 2 saturated carbocycles. The Morgan fingerprint density at radius 3 is 2.29 bits per heavy atom. The van der Waals surface area contributed by atoms with E-state index in [0.29, 0.717) is 41.6 Å². The number of phenols is 1. The molecule has 41 heavy (non-hydrogen) atoms. The fourth-order valence-corrected chi connectivity index (χ4v) is 9.48. The predicted molar refractivity (Wildman–Crippen MR) is 153 cm³/mol. The summed E-state index contributed by atoms with van der Waals surface area (Å²) in [5.74, 6) is -1.91. The third-order valence-electron chi connectivity index (χ3n) is 10.6. The van der Waals surface area contributed by atoms with E-state index in [-0.39, 0.29) is 17.3 Å². The first-order valence-electron chi connectivity index (χ1n) is 15.6. The van der Waals surface area contributed by atoms with E-state index in [0.717, 1.165) is 77.0 Å². The zero-order valence-corrected chi connectivity index (χ0v) is 25.1. The largest absolute Gasteiger partial charge is 0.508 e. The van der Waals surface area contributed by atoms with Gasteiger partial charge in [-0.25, -0.2) is 0 Å². The summed E-state index contributed by atoms with van der Waals surface area (Å²) < 4.78 is 74.5. The molecule has 0 spiro atoms. The zero-order chi connectivity index (χ0) is 29.8. The van der Waals surface area contributed by atoms with Gasteiger partial charge in [0.25, 0.3) is 0 Å². The second-order valence-electron chi connectivity index (χ2n) is 13.2. The van der Waals surface area contributed by atoms with E-state index in [2.05, 4.69) is 13.0 Å². The smallest absolute Gasteiger partial charge is 0.453 e. The number of hydrogen-bond acceptors (Lipinski definition) is 3. The molecule has 1 aromatic carbocycles. The molecule has 0 aliphatic heterocycles. The third-order valence-corrected chi connectivity index (χ3v) is 12.0. The monoisotopic (exact) mass is 606 g/mol. The number of hydrogen-bond donors (Lipinski definition) is 2. The molecule has 0 aromatic heterocycles. The van der Waals surface area contributed by atoms with E-state index in [1.165, 1.54) is 11.1 Å². The van der Waals surface area contributed by atoms with Gasteiger partial charge < -0.3 is 10.2 Å². The number of benzene rings is 1. The van der Waals surface area contributed by atoms with Gasteiger partial charge in [0.1, 0.15) is 5.75 Å². The topological polar surface area (TPSA) is 57.5 Å². The number of rotatable bonds is 14. The molecule has 9 heteroatoms. The number of aromatic hydroxyl groups is 1. The minimum absolute atomic E-state index is 0.0195. The van der Waals surface area contributed by atoms with E-state index in [9.17, 15) is 36.4 Å². The highest BCUT2D eigenvalue weighted by Gasteiger charge is 2.57. The van der Waals surface area contributed by atoms with Crippen LogP contribution >= 0.6 is 0 Å². The summed E-state index contributed by atoms with van der Waals surface area (Å²) in [4.78, 5) is 0. The van der Waals surface area contributed by atoms with Crippen LogP contribution in [-0.2, 0) is 17.2 Å². The lowest BCUT2D eigenvalue weighted by atomic mass is 9.52. The second-order valence-corrected chi connectivity index (χ2v) is 14.9. The molecular formula is C32H47F5O3S. The normalized spacial score (nSPS) is 30.5. The molecule has 4 rings (SSSR count). The molecule has 1 aromatic rings. The van der Waals surface area contributed by atoms with Crippen LogP contribution in [0.1, 0.15) is 114 Å². The molecule has 2 fully saturated rings. The average Bonchev–Trinajstić information content (AvgIpc) is 3.20. The first-order valence-corrected chi connectivity index (χ1v) is 17.1. The van der Waals surface area contributed by atoms with E-state index in [1.54, 1.807) is 0 Å². The minimum atomic E-state index is -5.54. The van der Waals surface area contributed by atoms with Crippen molar-refractivity contribution >= 4 is 10.8 Å². The summed E-state index contributed by atoms with van der Waals surface area (Å²) in [5.41, 5.74) is 2.73. The van der Waals surface area contributed by atoms with Crippen LogP contribution in [0.5, 0.6) is 5.75 Å². The average molecular weight is 607 g/mol. The second kappa shape index (κ2) is 13.6. The quantitative estimate of drug-likeness (QED) is 0.165. The first-order chi connectivity index (χ1) is 19.3. The van der Waals surface area contributed by atoms with Crippen LogP contribution in [-0.4, -0.2) is 44.1 Å². The molecule has 0 unspecified atom stereocenters. The van der Waals surface area contributed by atoms with Gasteiger partial charge in [-0.15, -0.1) is 0 Å². The molecule has 0 radical (unpaired) electrons. The molecule has 3 aliphatic rings. The van der Waals surface area contributed by atoms with Gasteiger partial charge in [-0.2, -0.15) is 22.0 Å². The maximum Gasteiger partial charge on any atom is 0.453 e. The lowest BCUT2D eigenvalue weighted by Gasteiger charge is -2.53. The fraction of sp³-hybridized carbons (Fsp3) is 0.812. The van der Waals surface area contributed by atoms with Gasteiger partial charge in [0, 0.05) is 28.7 Å². The van der Waals surface area contributed by atoms with Crippen molar-refractivity contribution in [2.45, 2.75) is 127 Å². The summed E-state index contributed by atoms with van der Waals surface area (Å²) >= 11 is 0. The third kappa shape index (κ3) is 7.66. The van der Waals surface area contributed by atoms with Crippen LogP contribution in [0.3, 0.4) is 0 Å². The Labute approximate surface area is 244 Å². The first kappa shape index (κ1) is 32.7. The number of alkyl halides is 5. The van der Waals surface area contributed by atoms with Gasteiger partial charge >= 0.3 is 12.1 Å². The molecule has 234 valence electrons. The molecule has 2 N–H and O–H groups in total. The van der Waals surface area contributed by atoms with Crippen molar-refractivity contribution in [3.05, 3.63) is 29.3 Å². The van der Waals surface area contributed by atoms with Crippen molar-refractivity contribution < 1.29 is 36.4 Å². The maximum atomic E-state index is 13.0. The summed E-state index contributed by atoms with van der Waals surface area (Å²) in [7, 11) is -1.35. The zero-order valence-electron chi connectivity index (χ0n) is 24.2. The molecule has 3 nitrogen and oxygen atoms in total. The number of unbranched alkanes of at least 4 members (excludes halogenated alkanes) is 6. The van der Waals surface area contributed by atoms with Crippen molar-refractivity contribution in [2.24, 2.45) is 23.2 Å². The standard InChI is InChI=1S/C32H47F5O3S/c1-30-17-15-26-25-12-11-24(38)21-23(25)20-22(29(26)27(30)13-14-28(30)39)10-7-5-3-2-4-6-8-18-41(40)19-9-16-31(33,34)32(35,36)37/h11-12,21-22,26-29,38-39H,2-10,13-20H2,1H3/t22-,26-,27+,28+,29-,30+,41-/m1/s1. The molecular weight excluding hydrogens is 559 g/mol. The Kier molecular flexibility index (Phi) is 10.8. The van der Waals surface area contributed by atoms with Crippen LogP contribution in [0.4, 0.5) is 22.0 Å². The van der Waals surface area contributed by atoms with Crippen molar-refractivity contribution in [1.29, 1.82) is 0 Å². The predicted octanol–water partition coefficient (Wildman–Crippen LogP) is 8.68. The molecule has 0 amide bonds. The summed E-state index contributed by atoms with van der Waals surface area (Å²) in [5, 5.41) is 21.0. The van der Waals surface area contributed by atoms with Gasteiger partial charge in [-0.05, 0) is 104 Å². The summed E-state index contributed by atoms with van der Waals surface area (Å²) in [6.07, 6.45) is 5.97. The minimum Gasteiger partial charge on any atom is -0.508 e. The van der Waals surface area contributed by atoms with Gasteiger partial charge in [-0.3, -0.25) is 4.21 Å². The van der Waals surface area contributed by atoms with Crippen LogP contribution in [0.15, 0.2) is 18.2 Å². The summed E-state index contributed by atoms with van der Waals surface area (Å²) in [6.45, 7) is 2.30. The number of fused-ring (bicyclic) bond motifs is 5. The Balaban J connectivity index is 1.15. The number of aliphatic hydroxyl groups is 1. The fourth-order valence-electron chi connectivity index (χ4n) is 8.28. The van der Waals surface area contributed by atoms with Gasteiger partial charge in [0.15, 0.2) is 0 Å². The van der Waals surface area contributed by atoms with Crippen molar-refractivity contribution in [1.82, 2.24) is 0 Å². The van der Waals surface area contributed by atoms with Crippen molar-refractivity contribution in [3.8, 4) is 5.75 Å². The van der Waals surface area contributed by atoms with E-state index < -0.39 is 35.7 Å². The van der Waals surface area contributed by atoms with Gasteiger partial charge in [0.05, 0.1) is 6.10 Å². The van der Waals surface area contributed by atoms with Crippen LogP contribution < -0.4 is 0 Å². The Hall–Kier alpha value is -1.22. The highest BCUT2D eigenvalue weighted by atomic mass is 32.2. The lowest BCUT2D eigenvalue weighted by molar-refractivity contribution is -0.284. The van der Waals surface area contributed by atoms with E-state index in [4.69, 9.17) is 0 Å². The van der Waals surface area contributed by atoms with E-state index >= 15 is 0 Å². The molecule has 0 saturated heterocycles. The Bertz CT molecular complexity index is 1030. The Morgan fingerprint density at radius 2 is 1.59 bits per heavy atom. The van der Waals surface area contributed by atoms with Gasteiger partial charge in [0.2, 0.25) is 0 Å². The SMILES string of the molecule is C[C@]12CC[C@@H]3c4ccc(O)cc4C[C@@H](CCCCCCCCC[S@@](=O)CCCC(F)(F)C(F)(F)F)[C@H]3[C@@H]1CC[C@@H]2O. The highest BCUT2D eigenvalue weighted by molar-refractivity contribution is 7.84. The molecule has 0 bridgehead atoms. The number of halogens is 5. The summed E-state index contributed by atoms with van der Waals surface area (Å²) in [6, 6.07) is 5.92.